The van der Waals surface area contributed by atoms with Crippen molar-refractivity contribution >= 4 is 27.5 Å². The number of esters is 1. The molecule has 2 heterocycles. The lowest BCUT2D eigenvalue weighted by Crippen LogP contribution is -2.09. The quantitative estimate of drug-likeness (QED) is 0.696. The number of carbonyl (C=O) groups is 1. The van der Waals surface area contributed by atoms with Crippen LogP contribution in [0, 0.1) is 0 Å². The van der Waals surface area contributed by atoms with Crippen LogP contribution in [0.4, 0.5) is 0 Å². The SMILES string of the molecule is COC(=O)c1cnn(-c2nc3ccccc3s2)c1C(C)C. The molecule has 2 aromatic heterocycles. The number of para-hydroxylation sites is 1. The number of hydrogen-bond acceptors (Lipinski definition) is 5. The standard InChI is InChI=1S/C15H15N3O2S/c1-9(2)13-10(14(19)20-3)8-16-18(13)15-17-11-6-4-5-7-12(11)21-15/h4-9H,1-3H3. The largest absolute Gasteiger partial charge is 0.465 e. The summed E-state index contributed by atoms with van der Waals surface area (Å²) in [6.45, 7) is 4.04. The van der Waals surface area contributed by atoms with Crippen LogP contribution in [0.3, 0.4) is 0 Å². The van der Waals surface area contributed by atoms with Crippen molar-refractivity contribution in [2.45, 2.75) is 19.8 Å². The van der Waals surface area contributed by atoms with Crippen LogP contribution in [0.2, 0.25) is 0 Å². The van der Waals surface area contributed by atoms with Gasteiger partial charge in [0.1, 0.15) is 5.56 Å². The van der Waals surface area contributed by atoms with Gasteiger partial charge in [0.05, 0.1) is 29.2 Å². The van der Waals surface area contributed by atoms with E-state index in [0.29, 0.717) is 5.56 Å². The first-order valence-electron chi connectivity index (χ1n) is 6.64. The van der Waals surface area contributed by atoms with Crippen LogP contribution < -0.4 is 0 Å². The van der Waals surface area contributed by atoms with Gasteiger partial charge in [-0.1, -0.05) is 37.3 Å². The number of aromatic nitrogens is 3. The molecule has 0 saturated heterocycles. The Morgan fingerprint density at radius 2 is 2.10 bits per heavy atom. The van der Waals surface area contributed by atoms with Gasteiger partial charge in [0.25, 0.3) is 0 Å². The molecule has 0 aliphatic rings. The van der Waals surface area contributed by atoms with Gasteiger partial charge in [-0.3, -0.25) is 0 Å². The number of thiazole rings is 1. The van der Waals surface area contributed by atoms with Gasteiger partial charge in [0.15, 0.2) is 0 Å². The van der Waals surface area contributed by atoms with Crippen LogP contribution in [0.25, 0.3) is 15.3 Å². The molecule has 3 aromatic rings. The molecule has 0 atom stereocenters. The van der Waals surface area contributed by atoms with E-state index < -0.39 is 0 Å². The van der Waals surface area contributed by atoms with Crippen molar-refractivity contribution in [2.24, 2.45) is 0 Å². The minimum atomic E-state index is -0.369. The van der Waals surface area contributed by atoms with Gasteiger partial charge >= 0.3 is 5.97 Å². The lowest BCUT2D eigenvalue weighted by molar-refractivity contribution is 0.0599. The van der Waals surface area contributed by atoms with E-state index in [1.165, 1.54) is 7.11 Å². The molecule has 108 valence electrons. The second-order valence-electron chi connectivity index (χ2n) is 4.97. The molecule has 0 spiro atoms. The smallest absolute Gasteiger partial charge is 0.341 e. The average molecular weight is 301 g/mol. The molecule has 0 unspecified atom stereocenters. The molecular weight excluding hydrogens is 286 g/mol. The predicted octanol–water partition coefficient (Wildman–Crippen LogP) is 3.39. The topological polar surface area (TPSA) is 57.0 Å². The third-order valence-electron chi connectivity index (χ3n) is 3.22. The molecule has 1 aromatic carbocycles. The Kier molecular flexibility index (Phi) is 3.47. The van der Waals surface area contributed by atoms with Crippen molar-refractivity contribution in [3.63, 3.8) is 0 Å². The molecule has 21 heavy (non-hydrogen) atoms. The maximum atomic E-state index is 11.9. The summed E-state index contributed by atoms with van der Waals surface area (Å²) in [5.41, 5.74) is 2.25. The number of benzene rings is 1. The van der Waals surface area contributed by atoms with Crippen LogP contribution >= 0.6 is 11.3 Å². The maximum absolute atomic E-state index is 11.9. The fraction of sp³-hybridized carbons (Fsp3) is 0.267. The van der Waals surface area contributed by atoms with Gasteiger partial charge in [-0.15, -0.1) is 0 Å². The highest BCUT2D eigenvalue weighted by Crippen LogP contribution is 2.29. The first-order chi connectivity index (χ1) is 10.1. The van der Waals surface area contributed by atoms with Crippen molar-refractivity contribution in [1.29, 1.82) is 0 Å². The van der Waals surface area contributed by atoms with Gasteiger partial charge in [-0.2, -0.15) is 5.10 Å². The Bertz CT molecular complexity index is 771. The average Bonchev–Trinajstić information content (AvgIpc) is 3.09. The number of nitrogens with zero attached hydrogens (tertiary/aromatic N) is 3. The minimum absolute atomic E-state index is 0.133. The van der Waals surface area contributed by atoms with Crippen molar-refractivity contribution in [1.82, 2.24) is 14.8 Å². The van der Waals surface area contributed by atoms with Gasteiger partial charge in [-0.25, -0.2) is 14.5 Å². The number of fused-ring (bicyclic) bond motifs is 1. The number of hydrogen-bond donors (Lipinski definition) is 0. The van der Waals surface area contributed by atoms with E-state index in [-0.39, 0.29) is 11.9 Å². The van der Waals surface area contributed by atoms with Crippen molar-refractivity contribution in [3.8, 4) is 5.13 Å². The Labute approximate surface area is 126 Å². The van der Waals surface area contributed by atoms with Gasteiger partial charge in [0, 0.05) is 0 Å². The second kappa shape index (κ2) is 5.29. The van der Waals surface area contributed by atoms with Crippen LogP contribution in [0.15, 0.2) is 30.5 Å². The zero-order valence-electron chi connectivity index (χ0n) is 12.0. The molecule has 0 amide bonds. The number of rotatable bonds is 3. The van der Waals surface area contributed by atoms with E-state index in [1.54, 1.807) is 22.2 Å². The molecule has 0 saturated carbocycles. The summed E-state index contributed by atoms with van der Waals surface area (Å²) in [4.78, 5) is 16.5. The van der Waals surface area contributed by atoms with E-state index in [0.717, 1.165) is 21.0 Å². The van der Waals surface area contributed by atoms with Gasteiger partial charge in [-0.05, 0) is 18.1 Å². The Balaban J connectivity index is 2.17. The molecule has 3 rings (SSSR count). The lowest BCUT2D eigenvalue weighted by Gasteiger charge is -2.09. The molecule has 6 heteroatoms. The summed E-state index contributed by atoms with van der Waals surface area (Å²) in [6, 6.07) is 7.93. The molecule has 0 N–H and O–H groups in total. The van der Waals surface area contributed by atoms with Crippen LogP contribution in [0.1, 0.15) is 35.8 Å². The highest BCUT2D eigenvalue weighted by atomic mass is 32.1. The van der Waals surface area contributed by atoms with Gasteiger partial charge in [0.2, 0.25) is 5.13 Å². The monoisotopic (exact) mass is 301 g/mol. The maximum Gasteiger partial charge on any atom is 0.341 e. The fourth-order valence-electron chi connectivity index (χ4n) is 2.28. The van der Waals surface area contributed by atoms with Crippen LogP contribution in [0.5, 0.6) is 0 Å². The van der Waals surface area contributed by atoms with Crippen molar-refractivity contribution in [2.75, 3.05) is 7.11 Å². The summed E-state index contributed by atoms with van der Waals surface area (Å²) < 4.78 is 7.66. The Morgan fingerprint density at radius 3 is 2.76 bits per heavy atom. The highest BCUT2D eigenvalue weighted by Gasteiger charge is 2.22. The van der Waals surface area contributed by atoms with Crippen molar-refractivity contribution in [3.05, 3.63) is 41.7 Å². The minimum Gasteiger partial charge on any atom is -0.465 e. The Morgan fingerprint density at radius 1 is 1.33 bits per heavy atom. The molecular formula is C15H15N3O2S. The lowest BCUT2D eigenvalue weighted by atomic mass is 10.1. The summed E-state index contributed by atoms with van der Waals surface area (Å²) in [7, 11) is 1.38. The van der Waals surface area contributed by atoms with Crippen LogP contribution in [-0.2, 0) is 4.74 Å². The zero-order chi connectivity index (χ0) is 15.0. The number of ether oxygens (including phenoxy) is 1. The zero-order valence-corrected chi connectivity index (χ0v) is 12.8. The van der Waals surface area contributed by atoms with E-state index in [4.69, 9.17) is 4.74 Å². The normalized spacial score (nSPS) is 11.2. The molecule has 0 aliphatic carbocycles. The first-order valence-corrected chi connectivity index (χ1v) is 7.45. The van der Waals surface area contributed by atoms with E-state index in [1.807, 2.05) is 38.1 Å². The van der Waals surface area contributed by atoms with Gasteiger partial charge < -0.3 is 4.74 Å². The molecule has 0 fully saturated rings. The molecule has 0 aliphatic heterocycles. The molecule has 5 nitrogen and oxygen atoms in total. The number of carbonyl (C=O) groups excluding carboxylic acids is 1. The third kappa shape index (κ3) is 2.31. The van der Waals surface area contributed by atoms with Crippen molar-refractivity contribution < 1.29 is 9.53 Å². The fourth-order valence-corrected chi connectivity index (χ4v) is 3.22. The Hall–Kier alpha value is -2.21. The number of methoxy groups -OCH3 is 1. The third-order valence-corrected chi connectivity index (χ3v) is 4.23. The van der Waals surface area contributed by atoms with E-state index in [2.05, 4.69) is 10.1 Å². The molecule has 0 radical (unpaired) electrons. The summed E-state index contributed by atoms with van der Waals surface area (Å²) in [6.07, 6.45) is 1.55. The predicted molar refractivity (Wildman–Crippen MR) is 82.2 cm³/mol. The summed E-state index contributed by atoms with van der Waals surface area (Å²) in [5, 5.41) is 5.09. The van der Waals surface area contributed by atoms with E-state index in [9.17, 15) is 4.79 Å². The van der Waals surface area contributed by atoms with Crippen LogP contribution in [-0.4, -0.2) is 27.8 Å². The summed E-state index contributed by atoms with van der Waals surface area (Å²) >= 11 is 1.55. The van der Waals surface area contributed by atoms with E-state index >= 15 is 0 Å². The highest BCUT2D eigenvalue weighted by molar-refractivity contribution is 7.20. The second-order valence-corrected chi connectivity index (χ2v) is 5.97. The first kappa shape index (κ1) is 13.8. The molecule has 0 bridgehead atoms. The summed E-state index contributed by atoms with van der Waals surface area (Å²) in [5.74, 6) is -0.236.